The number of carbonyl (C=O) groups excluding carboxylic acids is 3. The van der Waals surface area contributed by atoms with Gasteiger partial charge >= 0.3 is 6.03 Å². The van der Waals surface area contributed by atoms with Crippen LogP contribution in [0.5, 0.6) is 0 Å². The van der Waals surface area contributed by atoms with E-state index in [-0.39, 0.29) is 24.8 Å². The van der Waals surface area contributed by atoms with Gasteiger partial charge in [0.25, 0.3) is 5.91 Å². The van der Waals surface area contributed by atoms with Crippen molar-refractivity contribution in [2.45, 2.75) is 44.6 Å². The van der Waals surface area contributed by atoms with Crippen LogP contribution in [0, 0.1) is 11.7 Å². The van der Waals surface area contributed by atoms with Crippen LogP contribution in [0.4, 0.5) is 9.18 Å². The zero-order chi connectivity index (χ0) is 18.7. The van der Waals surface area contributed by atoms with Crippen molar-refractivity contribution in [2.75, 3.05) is 13.1 Å². The van der Waals surface area contributed by atoms with Gasteiger partial charge in [0.2, 0.25) is 5.91 Å². The quantitative estimate of drug-likeness (QED) is 0.787. The standard InChI is InChI=1S/C19H24FN3O3/c1-13-6-9-19(10-7-13)17(25)23(18(26)22-19)12-16(24)21-11-8-14-4-2-3-5-15(14)20/h2-5,13H,6-12H2,1H3,(H,21,24)(H,22,26). The van der Waals surface area contributed by atoms with Gasteiger partial charge in [-0.2, -0.15) is 0 Å². The Labute approximate surface area is 152 Å². The summed E-state index contributed by atoms with van der Waals surface area (Å²) in [7, 11) is 0. The molecule has 1 aliphatic heterocycles. The average Bonchev–Trinajstić information content (AvgIpc) is 2.84. The lowest BCUT2D eigenvalue weighted by Crippen LogP contribution is -2.50. The molecule has 0 bridgehead atoms. The third-order valence-electron chi connectivity index (χ3n) is 5.35. The highest BCUT2D eigenvalue weighted by Crippen LogP contribution is 2.36. The van der Waals surface area contributed by atoms with Crippen molar-refractivity contribution >= 4 is 17.8 Å². The second-order valence-corrected chi connectivity index (χ2v) is 7.28. The summed E-state index contributed by atoms with van der Waals surface area (Å²) in [5.74, 6) is -0.505. The maximum Gasteiger partial charge on any atom is 0.325 e. The molecule has 140 valence electrons. The second kappa shape index (κ2) is 7.43. The molecular formula is C19H24FN3O3. The molecule has 26 heavy (non-hydrogen) atoms. The summed E-state index contributed by atoms with van der Waals surface area (Å²) in [4.78, 5) is 38.0. The van der Waals surface area contributed by atoms with Gasteiger partial charge in [0, 0.05) is 6.54 Å². The third kappa shape index (κ3) is 3.71. The summed E-state index contributed by atoms with van der Waals surface area (Å²) in [6, 6.07) is 5.87. The van der Waals surface area contributed by atoms with Gasteiger partial charge < -0.3 is 10.6 Å². The van der Waals surface area contributed by atoms with Crippen molar-refractivity contribution in [1.29, 1.82) is 0 Å². The van der Waals surface area contributed by atoms with Crippen LogP contribution in [0.1, 0.15) is 38.2 Å². The molecule has 0 atom stereocenters. The molecule has 2 N–H and O–H groups in total. The number of amides is 4. The molecule has 1 spiro atoms. The maximum absolute atomic E-state index is 13.6. The van der Waals surface area contributed by atoms with Crippen molar-refractivity contribution in [3.05, 3.63) is 35.6 Å². The summed E-state index contributed by atoms with van der Waals surface area (Å²) < 4.78 is 13.6. The molecule has 0 radical (unpaired) electrons. The Kier molecular flexibility index (Phi) is 5.25. The normalized spacial score (nSPS) is 25.5. The molecule has 0 unspecified atom stereocenters. The van der Waals surface area contributed by atoms with Gasteiger partial charge in [0.05, 0.1) is 0 Å². The number of nitrogens with zero attached hydrogens (tertiary/aromatic N) is 1. The van der Waals surface area contributed by atoms with E-state index in [1.165, 1.54) is 6.07 Å². The van der Waals surface area contributed by atoms with Gasteiger partial charge in [-0.15, -0.1) is 0 Å². The molecule has 1 aliphatic carbocycles. The molecule has 1 aromatic rings. The number of carbonyl (C=O) groups is 3. The Morgan fingerprint density at radius 3 is 2.69 bits per heavy atom. The van der Waals surface area contributed by atoms with Gasteiger partial charge in [-0.25, -0.2) is 9.18 Å². The topological polar surface area (TPSA) is 78.5 Å². The molecule has 1 saturated carbocycles. The van der Waals surface area contributed by atoms with E-state index in [1.54, 1.807) is 18.2 Å². The summed E-state index contributed by atoms with van der Waals surface area (Å²) in [5.41, 5.74) is -0.324. The highest BCUT2D eigenvalue weighted by atomic mass is 19.1. The fraction of sp³-hybridized carbons (Fsp3) is 0.526. The molecule has 2 fully saturated rings. The lowest BCUT2D eigenvalue weighted by atomic mass is 9.77. The number of rotatable bonds is 5. The van der Waals surface area contributed by atoms with Gasteiger partial charge in [-0.3, -0.25) is 14.5 Å². The van der Waals surface area contributed by atoms with Crippen LogP contribution in [0.25, 0.3) is 0 Å². The predicted molar refractivity (Wildman–Crippen MR) is 93.7 cm³/mol. The van der Waals surface area contributed by atoms with Gasteiger partial charge in [0.15, 0.2) is 0 Å². The third-order valence-corrected chi connectivity index (χ3v) is 5.35. The lowest BCUT2D eigenvalue weighted by molar-refractivity contribution is -0.136. The monoisotopic (exact) mass is 361 g/mol. The average molecular weight is 361 g/mol. The molecule has 2 aliphatic rings. The first kappa shape index (κ1) is 18.4. The maximum atomic E-state index is 13.6. The van der Waals surface area contributed by atoms with Crippen LogP contribution < -0.4 is 10.6 Å². The highest BCUT2D eigenvalue weighted by molar-refractivity contribution is 6.09. The highest BCUT2D eigenvalue weighted by Gasteiger charge is 2.52. The van der Waals surface area contributed by atoms with Crippen molar-refractivity contribution < 1.29 is 18.8 Å². The summed E-state index contributed by atoms with van der Waals surface area (Å²) >= 11 is 0. The minimum absolute atomic E-state index is 0.242. The summed E-state index contributed by atoms with van der Waals surface area (Å²) in [5, 5.41) is 5.44. The Balaban J connectivity index is 1.52. The number of imide groups is 1. The Morgan fingerprint density at radius 1 is 1.31 bits per heavy atom. The van der Waals surface area contributed by atoms with Crippen LogP contribution in [-0.4, -0.2) is 41.4 Å². The molecule has 7 heteroatoms. The number of hydrogen-bond acceptors (Lipinski definition) is 3. The number of urea groups is 1. The molecular weight excluding hydrogens is 337 g/mol. The molecule has 0 aromatic heterocycles. The van der Waals surface area contributed by atoms with Crippen molar-refractivity contribution in [3.63, 3.8) is 0 Å². The van der Waals surface area contributed by atoms with Crippen LogP contribution in [0.2, 0.25) is 0 Å². The van der Waals surface area contributed by atoms with E-state index < -0.39 is 17.5 Å². The predicted octanol–water partition coefficient (Wildman–Crippen LogP) is 1.99. The van der Waals surface area contributed by atoms with E-state index in [0.29, 0.717) is 30.7 Å². The van der Waals surface area contributed by atoms with E-state index in [0.717, 1.165) is 17.7 Å². The minimum atomic E-state index is -0.836. The number of nitrogens with one attached hydrogen (secondary N) is 2. The minimum Gasteiger partial charge on any atom is -0.354 e. The molecule has 1 aromatic carbocycles. The van der Waals surface area contributed by atoms with Gasteiger partial charge in [0.1, 0.15) is 17.9 Å². The van der Waals surface area contributed by atoms with Crippen molar-refractivity contribution in [2.24, 2.45) is 5.92 Å². The van der Waals surface area contributed by atoms with Gasteiger partial charge in [-0.1, -0.05) is 25.1 Å². The fourth-order valence-electron chi connectivity index (χ4n) is 3.65. The largest absolute Gasteiger partial charge is 0.354 e. The van der Waals surface area contributed by atoms with E-state index in [1.807, 2.05) is 0 Å². The van der Waals surface area contributed by atoms with Crippen LogP contribution >= 0.6 is 0 Å². The van der Waals surface area contributed by atoms with Crippen LogP contribution in [0.15, 0.2) is 24.3 Å². The molecule has 3 rings (SSSR count). The molecule has 4 amide bonds. The number of benzene rings is 1. The Morgan fingerprint density at radius 2 is 2.00 bits per heavy atom. The molecule has 1 heterocycles. The number of hydrogen-bond donors (Lipinski definition) is 2. The number of halogens is 1. The van der Waals surface area contributed by atoms with E-state index in [4.69, 9.17) is 0 Å². The molecule has 6 nitrogen and oxygen atoms in total. The van der Waals surface area contributed by atoms with E-state index in [2.05, 4.69) is 17.6 Å². The van der Waals surface area contributed by atoms with Crippen molar-refractivity contribution in [1.82, 2.24) is 15.5 Å². The van der Waals surface area contributed by atoms with E-state index in [9.17, 15) is 18.8 Å². The zero-order valence-electron chi connectivity index (χ0n) is 14.9. The van der Waals surface area contributed by atoms with Gasteiger partial charge in [-0.05, 0) is 49.7 Å². The smallest absolute Gasteiger partial charge is 0.325 e. The first-order valence-electron chi connectivity index (χ1n) is 9.05. The molecule has 1 saturated heterocycles. The lowest BCUT2D eigenvalue weighted by Gasteiger charge is -2.33. The van der Waals surface area contributed by atoms with Crippen molar-refractivity contribution in [3.8, 4) is 0 Å². The Hall–Kier alpha value is -2.44. The zero-order valence-corrected chi connectivity index (χ0v) is 14.9. The van der Waals surface area contributed by atoms with Crippen LogP contribution in [0.3, 0.4) is 0 Å². The summed E-state index contributed by atoms with van der Waals surface area (Å²) in [6.45, 7) is 2.07. The fourth-order valence-corrected chi connectivity index (χ4v) is 3.65. The van der Waals surface area contributed by atoms with Crippen LogP contribution in [-0.2, 0) is 16.0 Å². The van der Waals surface area contributed by atoms with E-state index >= 15 is 0 Å². The SMILES string of the molecule is CC1CCC2(CC1)NC(=O)N(CC(=O)NCCc1ccccc1F)C2=O. The first-order valence-corrected chi connectivity index (χ1v) is 9.05. The Bertz CT molecular complexity index is 714. The summed E-state index contributed by atoms with van der Waals surface area (Å²) in [6.07, 6.45) is 3.35. The second-order valence-electron chi connectivity index (χ2n) is 7.28. The first-order chi connectivity index (χ1) is 12.4.